The SMILES string of the molecule is CCc1csc(-c2sccc2-c2sccc2-c2sccc2-c2sccc2-c2cccs2)c1CC. The molecule has 170 valence electrons. The molecule has 0 saturated carbocycles. The van der Waals surface area contributed by atoms with E-state index in [0.717, 1.165) is 12.8 Å². The summed E-state index contributed by atoms with van der Waals surface area (Å²) in [6, 6.07) is 13.6. The summed E-state index contributed by atoms with van der Waals surface area (Å²) in [5, 5.41) is 13.5. The number of rotatable bonds is 7. The molecule has 6 rings (SSSR count). The van der Waals surface area contributed by atoms with Gasteiger partial charge in [0.25, 0.3) is 0 Å². The lowest BCUT2D eigenvalue weighted by Crippen LogP contribution is -1.87. The third-order valence-electron chi connectivity index (χ3n) is 6.10. The van der Waals surface area contributed by atoms with Gasteiger partial charge < -0.3 is 0 Å². The van der Waals surface area contributed by atoms with Crippen molar-refractivity contribution in [3.8, 4) is 51.5 Å². The van der Waals surface area contributed by atoms with Gasteiger partial charge in [0.15, 0.2) is 0 Å². The van der Waals surface area contributed by atoms with Crippen LogP contribution in [0.4, 0.5) is 0 Å². The van der Waals surface area contributed by atoms with Crippen molar-refractivity contribution >= 4 is 68.0 Å². The number of aryl methyl sites for hydroxylation is 1. The zero-order valence-electron chi connectivity index (χ0n) is 18.8. The van der Waals surface area contributed by atoms with Crippen LogP contribution in [0, 0.1) is 0 Å². The van der Waals surface area contributed by atoms with E-state index >= 15 is 0 Å². The Balaban J connectivity index is 1.47. The van der Waals surface area contributed by atoms with Gasteiger partial charge in [-0.1, -0.05) is 19.9 Å². The predicted octanol–water partition coefficient (Wildman–Crippen LogP) is 11.5. The minimum absolute atomic E-state index is 1.09. The van der Waals surface area contributed by atoms with Crippen LogP contribution in [0.3, 0.4) is 0 Å². The highest BCUT2D eigenvalue weighted by Crippen LogP contribution is 2.51. The lowest BCUT2D eigenvalue weighted by molar-refractivity contribution is 1.06. The predicted molar refractivity (Wildman–Crippen MR) is 160 cm³/mol. The van der Waals surface area contributed by atoms with Gasteiger partial charge in [0.05, 0.1) is 4.88 Å². The Morgan fingerprint density at radius 2 is 1.06 bits per heavy atom. The second kappa shape index (κ2) is 9.69. The molecule has 6 heterocycles. The van der Waals surface area contributed by atoms with Crippen LogP contribution in [0.25, 0.3) is 51.5 Å². The molecule has 0 radical (unpaired) electrons. The Hall–Kier alpha value is -1.80. The Labute approximate surface area is 224 Å². The maximum Gasteiger partial charge on any atom is 0.0532 e. The molecule has 0 spiro atoms. The smallest absolute Gasteiger partial charge is 0.0532 e. The molecule has 0 aliphatic rings. The highest BCUT2D eigenvalue weighted by atomic mass is 32.1. The largest absolute Gasteiger partial charge is 0.144 e. The van der Waals surface area contributed by atoms with Crippen LogP contribution in [0.5, 0.6) is 0 Å². The summed E-state index contributed by atoms with van der Waals surface area (Å²) >= 11 is 11.2. The van der Waals surface area contributed by atoms with Gasteiger partial charge in [0.2, 0.25) is 0 Å². The molecule has 6 aromatic rings. The zero-order chi connectivity index (χ0) is 23.1. The minimum Gasteiger partial charge on any atom is -0.144 e. The van der Waals surface area contributed by atoms with Crippen molar-refractivity contribution < 1.29 is 0 Å². The maximum absolute atomic E-state index is 2.37. The molecule has 0 N–H and O–H groups in total. The van der Waals surface area contributed by atoms with E-state index in [1.165, 1.54) is 62.6 Å². The molecule has 6 aromatic heterocycles. The lowest BCUT2D eigenvalue weighted by Gasteiger charge is -2.09. The van der Waals surface area contributed by atoms with E-state index in [0.29, 0.717) is 0 Å². The Bertz CT molecular complexity index is 1530. The lowest BCUT2D eigenvalue weighted by atomic mass is 10.0. The van der Waals surface area contributed by atoms with Crippen molar-refractivity contribution in [3.63, 3.8) is 0 Å². The summed E-state index contributed by atoms with van der Waals surface area (Å²) in [7, 11) is 0. The van der Waals surface area contributed by atoms with Gasteiger partial charge >= 0.3 is 0 Å². The number of hydrogen-bond donors (Lipinski definition) is 0. The molecule has 0 aliphatic carbocycles. The summed E-state index contributed by atoms with van der Waals surface area (Å²) in [6.07, 6.45) is 2.20. The first kappa shape index (κ1) is 22.7. The topological polar surface area (TPSA) is 0 Å². The highest BCUT2D eigenvalue weighted by Gasteiger charge is 2.22. The molecule has 0 fully saturated rings. The zero-order valence-corrected chi connectivity index (χ0v) is 23.7. The quantitative estimate of drug-likeness (QED) is 0.185. The van der Waals surface area contributed by atoms with Crippen molar-refractivity contribution in [2.24, 2.45) is 0 Å². The van der Waals surface area contributed by atoms with Crippen molar-refractivity contribution in [1.29, 1.82) is 0 Å². The fraction of sp³-hybridized carbons (Fsp3) is 0.143. The van der Waals surface area contributed by atoms with Gasteiger partial charge in [-0.25, -0.2) is 0 Å². The molecular weight excluding hydrogens is 529 g/mol. The van der Waals surface area contributed by atoms with Crippen molar-refractivity contribution in [1.82, 2.24) is 0 Å². The maximum atomic E-state index is 2.37. The molecule has 34 heavy (non-hydrogen) atoms. The molecule has 0 unspecified atom stereocenters. The summed E-state index contributed by atoms with van der Waals surface area (Å²) in [6.45, 7) is 4.56. The Kier molecular flexibility index (Phi) is 6.45. The molecule has 0 aliphatic heterocycles. The average molecular weight is 551 g/mol. The van der Waals surface area contributed by atoms with E-state index in [4.69, 9.17) is 0 Å². The first-order valence-electron chi connectivity index (χ1n) is 11.2. The molecule has 0 nitrogen and oxygen atoms in total. The van der Waals surface area contributed by atoms with Crippen molar-refractivity contribution in [2.45, 2.75) is 26.7 Å². The van der Waals surface area contributed by atoms with Crippen LogP contribution in [0.2, 0.25) is 0 Å². The van der Waals surface area contributed by atoms with Crippen molar-refractivity contribution in [2.75, 3.05) is 0 Å². The van der Waals surface area contributed by atoms with Crippen LogP contribution in [-0.4, -0.2) is 0 Å². The average Bonchev–Trinajstić information content (AvgIpc) is 3.69. The van der Waals surface area contributed by atoms with Crippen LogP contribution in [0.15, 0.2) is 68.7 Å². The van der Waals surface area contributed by atoms with Crippen LogP contribution in [0.1, 0.15) is 25.0 Å². The van der Waals surface area contributed by atoms with Crippen LogP contribution in [-0.2, 0) is 12.8 Å². The van der Waals surface area contributed by atoms with Crippen molar-refractivity contribution in [3.05, 3.63) is 79.8 Å². The summed E-state index contributed by atoms with van der Waals surface area (Å²) in [5.41, 5.74) is 8.51. The second-order valence-corrected chi connectivity index (χ2v) is 13.4. The number of thiophene rings is 6. The monoisotopic (exact) mass is 550 g/mol. The van der Waals surface area contributed by atoms with Crippen LogP contribution >= 0.6 is 68.0 Å². The molecule has 0 aromatic carbocycles. The van der Waals surface area contributed by atoms with Gasteiger partial charge in [-0.05, 0) is 86.6 Å². The van der Waals surface area contributed by atoms with E-state index in [1.807, 2.05) is 68.0 Å². The van der Waals surface area contributed by atoms with Gasteiger partial charge in [0.1, 0.15) is 0 Å². The van der Waals surface area contributed by atoms with Gasteiger partial charge in [-0.15, -0.1) is 68.0 Å². The Morgan fingerprint density at radius 1 is 0.500 bits per heavy atom. The van der Waals surface area contributed by atoms with E-state index in [9.17, 15) is 0 Å². The molecule has 0 atom stereocenters. The van der Waals surface area contributed by atoms with Gasteiger partial charge in [-0.2, -0.15) is 0 Å². The highest BCUT2D eigenvalue weighted by molar-refractivity contribution is 7.22. The standard InChI is InChI=1S/C28H22S6/c1-3-17-16-34-27(18(17)4-2)28-22(10-15-33-28)26-21(9-14-32-26)25-20(8-13-31-25)24-19(7-12-30-24)23-6-5-11-29-23/h5-16H,3-4H2,1-2H3. The van der Waals surface area contributed by atoms with E-state index in [-0.39, 0.29) is 0 Å². The molecule has 6 heteroatoms. The summed E-state index contributed by atoms with van der Waals surface area (Å²) in [4.78, 5) is 8.38. The molecule has 0 amide bonds. The van der Waals surface area contributed by atoms with E-state index in [1.54, 1.807) is 0 Å². The minimum atomic E-state index is 1.09. The number of hydrogen-bond acceptors (Lipinski definition) is 6. The van der Waals surface area contributed by atoms with Crippen LogP contribution < -0.4 is 0 Å². The third-order valence-corrected chi connectivity index (χ3v) is 12.0. The summed E-state index contributed by atoms with van der Waals surface area (Å²) < 4.78 is 0. The fourth-order valence-electron chi connectivity index (χ4n) is 4.49. The first-order chi connectivity index (χ1) is 16.8. The van der Waals surface area contributed by atoms with Gasteiger partial charge in [0, 0.05) is 46.6 Å². The molecule has 0 saturated heterocycles. The first-order valence-corrected chi connectivity index (χ1v) is 16.5. The Morgan fingerprint density at radius 3 is 1.62 bits per heavy atom. The van der Waals surface area contributed by atoms with Gasteiger partial charge in [-0.3, -0.25) is 0 Å². The molecule has 0 bridgehead atoms. The summed E-state index contributed by atoms with van der Waals surface area (Å²) in [5.74, 6) is 0. The second-order valence-electron chi connectivity index (χ2n) is 7.91. The van der Waals surface area contributed by atoms with E-state index in [2.05, 4.69) is 82.5 Å². The normalized spacial score (nSPS) is 11.5. The fourth-order valence-corrected chi connectivity index (χ4v) is 10.7. The molecular formula is C28H22S6. The third kappa shape index (κ3) is 3.81. The van der Waals surface area contributed by atoms with E-state index < -0.39 is 0 Å².